The van der Waals surface area contributed by atoms with E-state index in [-0.39, 0.29) is 37.0 Å². The Balaban J connectivity index is 1.75. The van der Waals surface area contributed by atoms with Crippen LogP contribution in [0.3, 0.4) is 0 Å². The van der Waals surface area contributed by atoms with Crippen LogP contribution < -0.4 is 5.69 Å². The monoisotopic (exact) mass is 444 g/mol. The minimum atomic E-state index is -0.786. The Bertz CT molecular complexity index is 912. The standard InChI is InChI=1S/C25H36N2O5/c28-22(20-13-7-4-8-14-20)18-26-21(15-9-1-2-10-16-23(29)30)24(31)27(25(26)32)17-19-11-5-3-6-12-19/h3,5-6,11-12,20,22,28,31H,1-2,4,7-10,13-18H2,(H,29,30). The number of hydrogen-bond donors (Lipinski definition) is 3. The summed E-state index contributed by atoms with van der Waals surface area (Å²) in [5.74, 6) is -0.620. The van der Waals surface area contributed by atoms with Crippen molar-refractivity contribution >= 4 is 5.97 Å². The summed E-state index contributed by atoms with van der Waals surface area (Å²) in [5.41, 5.74) is 1.20. The van der Waals surface area contributed by atoms with E-state index >= 15 is 0 Å². The van der Waals surface area contributed by atoms with E-state index < -0.39 is 12.1 Å². The molecular weight excluding hydrogens is 408 g/mol. The van der Waals surface area contributed by atoms with Crippen molar-refractivity contribution in [2.45, 2.75) is 89.8 Å². The summed E-state index contributed by atoms with van der Waals surface area (Å²) in [5, 5.41) is 30.6. The van der Waals surface area contributed by atoms with Crippen LogP contribution in [0.15, 0.2) is 35.1 Å². The molecule has 32 heavy (non-hydrogen) atoms. The number of aliphatic hydroxyl groups is 1. The van der Waals surface area contributed by atoms with Crippen molar-refractivity contribution in [3.05, 3.63) is 52.1 Å². The number of aromatic hydroxyl groups is 1. The summed E-state index contributed by atoms with van der Waals surface area (Å²) in [6.45, 7) is 0.483. The Morgan fingerprint density at radius 1 is 1.00 bits per heavy atom. The van der Waals surface area contributed by atoms with Gasteiger partial charge in [-0.1, -0.05) is 62.4 Å². The molecule has 1 saturated carbocycles. The number of carbonyl (C=O) groups is 1. The van der Waals surface area contributed by atoms with Gasteiger partial charge in [0.15, 0.2) is 0 Å². The molecule has 1 aliphatic rings. The third-order valence-electron chi connectivity index (χ3n) is 6.60. The maximum atomic E-state index is 13.2. The summed E-state index contributed by atoms with van der Waals surface area (Å²) in [7, 11) is 0. The molecule has 176 valence electrons. The average molecular weight is 445 g/mol. The maximum Gasteiger partial charge on any atom is 0.331 e. The molecule has 7 nitrogen and oxygen atoms in total. The fourth-order valence-corrected chi connectivity index (χ4v) is 4.75. The van der Waals surface area contributed by atoms with E-state index in [0.717, 1.165) is 50.5 Å². The molecular formula is C25H36N2O5. The molecule has 1 aromatic carbocycles. The smallest absolute Gasteiger partial charge is 0.331 e. The van der Waals surface area contributed by atoms with Gasteiger partial charge >= 0.3 is 11.7 Å². The number of imidazole rings is 1. The molecule has 0 bridgehead atoms. The van der Waals surface area contributed by atoms with E-state index in [4.69, 9.17) is 5.11 Å². The average Bonchev–Trinajstić information content (AvgIpc) is 3.01. The van der Waals surface area contributed by atoms with Gasteiger partial charge in [-0.25, -0.2) is 4.79 Å². The van der Waals surface area contributed by atoms with Gasteiger partial charge in [0, 0.05) is 6.42 Å². The second kappa shape index (κ2) is 11.9. The molecule has 1 heterocycles. The Hall–Kier alpha value is -2.54. The lowest BCUT2D eigenvalue weighted by molar-refractivity contribution is -0.137. The zero-order valence-electron chi connectivity index (χ0n) is 18.8. The summed E-state index contributed by atoms with van der Waals surface area (Å²) in [6.07, 6.45) is 8.47. The van der Waals surface area contributed by atoms with Crippen LogP contribution in [0.1, 0.15) is 75.5 Å². The summed E-state index contributed by atoms with van der Waals surface area (Å²) < 4.78 is 2.96. The van der Waals surface area contributed by atoms with Crippen molar-refractivity contribution in [1.29, 1.82) is 0 Å². The molecule has 0 amide bonds. The van der Waals surface area contributed by atoms with Crippen LogP contribution in [0, 0.1) is 5.92 Å². The number of hydrogen-bond acceptors (Lipinski definition) is 4. The molecule has 3 rings (SSSR count). The van der Waals surface area contributed by atoms with Crippen molar-refractivity contribution in [2.24, 2.45) is 5.92 Å². The van der Waals surface area contributed by atoms with Crippen molar-refractivity contribution < 1.29 is 20.1 Å². The third kappa shape index (κ3) is 6.48. The van der Waals surface area contributed by atoms with Gasteiger partial charge in [-0.15, -0.1) is 0 Å². The lowest BCUT2D eigenvalue weighted by Crippen LogP contribution is -2.34. The highest BCUT2D eigenvalue weighted by molar-refractivity contribution is 5.66. The zero-order chi connectivity index (χ0) is 22.9. The largest absolute Gasteiger partial charge is 0.493 e. The van der Waals surface area contributed by atoms with Crippen LogP contribution in [0.4, 0.5) is 0 Å². The Morgan fingerprint density at radius 2 is 1.69 bits per heavy atom. The second-order valence-corrected chi connectivity index (χ2v) is 9.01. The highest BCUT2D eigenvalue weighted by atomic mass is 16.4. The fourth-order valence-electron chi connectivity index (χ4n) is 4.75. The number of aromatic nitrogens is 2. The third-order valence-corrected chi connectivity index (χ3v) is 6.60. The van der Waals surface area contributed by atoms with E-state index in [1.807, 2.05) is 30.3 Å². The lowest BCUT2D eigenvalue weighted by Gasteiger charge is -2.27. The summed E-state index contributed by atoms with van der Waals surface area (Å²) in [6, 6.07) is 9.55. The minimum Gasteiger partial charge on any atom is -0.493 e. The minimum absolute atomic E-state index is 0.0276. The number of nitrogens with zero attached hydrogens (tertiary/aromatic N) is 2. The number of carboxylic acid groups (broad SMARTS) is 1. The van der Waals surface area contributed by atoms with E-state index in [1.54, 1.807) is 4.57 Å². The van der Waals surface area contributed by atoms with E-state index in [1.165, 1.54) is 11.0 Å². The van der Waals surface area contributed by atoms with Crippen molar-refractivity contribution in [1.82, 2.24) is 9.13 Å². The molecule has 0 aliphatic heterocycles. The zero-order valence-corrected chi connectivity index (χ0v) is 18.8. The van der Waals surface area contributed by atoms with Gasteiger partial charge in [0.05, 0.1) is 24.9 Å². The van der Waals surface area contributed by atoms with Crippen LogP contribution >= 0.6 is 0 Å². The van der Waals surface area contributed by atoms with Gasteiger partial charge in [0.1, 0.15) is 0 Å². The first-order valence-electron chi connectivity index (χ1n) is 11.9. The number of rotatable bonds is 12. The van der Waals surface area contributed by atoms with Crippen LogP contribution in [0.25, 0.3) is 0 Å². The first kappa shape index (κ1) is 24.1. The van der Waals surface area contributed by atoms with Gasteiger partial charge in [0.2, 0.25) is 5.88 Å². The van der Waals surface area contributed by atoms with Gasteiger partial charge in [-0.2, -0.15) is 0 Å². The van der Waals surface area contributed by atoms with Gasteiger partial charge in [-0.05, 0) is 43.6 Å². The predicted octanol–water partition coefficient (Wildman–Crippen LogP) is 3.92. The second-order valence-electron chi connectivity index (χ2n) is 9.01. The van der Waals surface area contributed by atoms with E-state index in [9.17, 15) is 19.8 Å². The van der Waals surface area contributed by atoms with Gasteiger partial charge < -0.3 is 15.3 Å². The maximum absolute atomic E-state index is 13.2. The van der Waals surface area contributed by atoms with Crippen molar-refractivity contribution in [3.8, 4) is 5.88 Å². The van der Waals surface area contributed by atoms with E-state index in [0.29, 0.717) is 18.5 Å². The van der Waals surface area contributed by atoms with Crippen LogP contribution in [-0.2, 0) is 24.3 Å². The van der Waals surface area contributed by atoms with Gasteiger partial charge in [-0.3, -0.25) is 13.9 Å². The number of aliphatic carboxylic acids is 1. The molecule has 7 heteroatoms. The molecule has 1 aliphatic carbocycles. The van der Waals surface area contributed by atoms with Crippen LogP contribution in [0.2, 0.25) is 0 Å². The van der Waals surface area contributed by atoms with E-state index in [2.05, 4.69) is 0 Å². The van der Waals surface area contributed by atoms with Crippen molar-refractivity contribution in [2.75, 3.05) is 0 Å². The quantitative estimate of drug-likeness (QED) is 0.430. The Kier molecular flexibility index (Phi) is 8.97. The molecule has 1 aromatic heterocycles. The topological polar surface area (TPSA) is 105 Å². The van der Waals surface area contributed by atoms with Crippen LogP contribution in [0.5, 0.6) is 5.88 Å². The summed E-state index contributed by atoms with van der Waals surface area (Å²) >= 11 is 0. The molecule has 1 atom stereocenters. The molecule has 0 spiro atoms. The number of unbranched alkanes of at least 4 members (excludes halogenated alkanes) is 3. The molecule has 1 fully saturated rings. The van der Waals surface area contributed by atoms with Gasteiger partial charge in [0.25, 0.3) is 0 Å². The molecule has 0 radical (unpaired) electrons. The van der Waals surface area contributed by atoms with Crippen LogP contribution in [-0.4, -0.2) is 36.5 Å². The highest BCUT2D eigenvalue weighted by Gasteiger charge is 2.26. The lowest BCUT2D eigenvalue weighted by atomic mass is 9.85. The molecule has 3 N–H and O–H groups in total. The number of carboxylic acids is 1. The molecule has 1 unspecified atom stereocenters. The summed E-state index contributed by atoms with van der Waals surface area (Å²) in [4.78, 5) is 23.9. The van der Waals surface area contributed by atoms with Crippen molar-refractivity contribution in [3.63, 3.8) is 0 Å². The first-order valence-corrected chi connectivity index (χ1v) is 11.9. The fraction of sp³-hybridized carbons (Fsp3) is 0.600. The first-order chi connectivity index (χ1) is 15.5. The molecule has 0 saturated heterocycles. The molecule has 2 aromatic rings. The number of aliphatic hydroxyl groups excluding tert-OH is 1. The number of benzene rings is 1. The Labute approximate surface area is 189 Å². The normalized spacial score (nSPS) is 15.7. The Morgan fingerprint density at radius 3 is 2.38 bits per heavy atom. The highest BCUT2D eigenvalue weighted by Crippen LogP contribution is 2.28. The predicted molar refractivity (Wildman–Crippen MR) is 123 cm³/mol. The SMILES string of the molecule is O=C(O)CCCCCCc1c(O)n(Cc2ccccc2)c(=O)n1CC(O)C1CCCCC1.